The van der Waals surface area contributed by atoms with Gasteiger partial charge in [0.2, 0.25) is 10.0 Å². The second-order valence-electron chi connectivity index (χ2n) is 3.84. The second-order valence-corrected chi connectivity index (χ2v) is 8.86. The summed E-state index contributed by atoms with van der Waals surface area (Å²) in [6, 6.07) is 3.89. The van der Waals surface area contributed by atoms with Gasteiger partial charge >= 0.3 is 0 Å². The quantitative estimate of drug-likeness (QED) is 0.514. The maximum atomic E-state index is 12.1. The zero-order valence-electron chi connectivity index (χ0n) is 10.2. The van der Waals surface area contributed by atoms with Crippen molar-refractivity contribution in [1.29, 1.82) is 0 Å². The topological polar surface area (TPSA) is 37.4 Å². The summed E-state index contributed by atoms with van der Waals surface area (Å²) in [6.07, 6.45) is 1.36. The minimum atomic E-state index is -3.17. The average Bonchev–Trinajstić information content (AvgIpc) is 2.72. The minimum absolute atomic E-state index is 0.181. The van der Waals surface area contributed by atoms with E-state index in [2.05, 4.69) is 15.9 Å². The van der Waals surface area contributed by atoms with Gasteiger partial charge in [0.05, 0.1) is 9.54 Å². The number of sulfonamides is 1. The molecule has 0 fully saturated rings. The molecule has 1 rings (SSSR count). The van der Waals surface area contributed by atoms with Crippen molar-refractivity contribution in [3.8, 4) is 0 Å². The lowest BCUT2D eigenvalue weighted by Gasteiger charge is -2.19. The molecule has 0 aliphatic heterocycles. The maximum absolute atomic E-state index is 12.1. The molecular formula is C11H17BrClNO2S2. The highest BCUT2D eigenvalue weighted by molar-refractivity contribution is 9.11. The highest BCUT2D eigenvalue weighted by atomic mass is 79.9. The first-order valence-corrected chi connectivity index (χ1v) is 9.53. The molecule has 104 valence electrons. The van der Waals surface area contributed by atoms with Gasteiger partial charge in [0.1, 0.15) is 0 Å². The third kappa shape index (κ3) is 5.17. The predicted molar refractivity (Wildman–Crippen MR) is 81.8 cm³/mol. The Morgan fingerprint density at radius 1 is 1.39 bits per heavy atom. The summed E-state index contributed by atoms with van der Waals surface area (Å²) < 4.78 is 26.8. The molecule has 0 saturated heterocycles. The van der Waals surface area contributed by atoms with E-state index in [1.807, 2.05) is 19.1 Å². The number of unbranched alkanes of at least 4 members (excludes halogenated alkanes) is 1. The summed E-state index contributed by atoms with van der Waals surface area (Å²) in [5.74, 6) is 0.694. The van der Waals surface area contributed by atoms with Crippen molar-refractivity contribution in [3.63, 3.8) is 0 Å². The number of alkyl halides is 1. The molecule has 0 aliphatic carbocycles. The van der Waals surface area contributed by atoms with Gasteiger partial charge in [-0.3, -0.25) is 0 Å². The van der Waals surface area contributed by atoms with Crippen LogP contribution in [0.1, 0.15) is 24.6 Å². The molecule has 7 heteroatoms. The number of hydrogen-bond acceptors (Lipinski definition) is 3. The lowest BCUT2D eigenvalue weighted by molar-refractivity contribution is 0.425. The third-order valence-electron chi connectivity index (χ3n) is 2.49. The van der Waals surface area contributed by atoms with Crippen LogP contribution in [0.4, 0.5) is 0 Å². The summed E-state index contributed by atoms with van der Waals surface area (Å²) in [5, 5.41) is 0. The number of halogens is 2. The van der Waals surface area contributed by atoms with Crippen molar-refractivity contribution < 1.29 is 8.42 Å². The fourth-order valence-electron chi connectivity index (χ4n) is 1.53. The minimum Gasteiger partial charge on any atom is -0.212 e. The van der Waals surface area contributed by atoms with E-state index in [4.69, 9.17) is 11.6 Å². The van der Waals surface area contributed by atoms with Crippen LogP contribution in [0.15, 0.2) is 15.9 Å². The fraction of sp³-hybridized carbons (Fsp3) is 0.636. The van der Waals surface area contributed by atoms with E-state index in [1.54, 1.807) is 11.3 Å². The summed E-state index contributed by atoms with van der Waals surface area (Å²) >= 11 is 10.5. The van der Waals surface area contributed by atoms with Crippen LogP contribution < -0.4 is 0 Å². The normalized spacial score (nSPS) is 12.2. The van der Waals surface area contributed by atoms with Crippen LogP contribution in [0, 0.1) is 0 Å². The molecule has 1 aromatic rings. The lowest BCUT2D eigenvalue weighted by Crippen LogP contribution is -2.32. The number of nitrogens with zero attached hydrogens (tertiary/aromatic N) is 1. The van der Waals surface area contributed by atoms with Gasteiger partial charge in [-0.1, -0.05) is 6.92 Å². The number of rotatable bonds is 8. The SMILES string of the molecule is CCN(Cc1ccc(Br)s1)S(=O)(=O)CCCCCl. The highest BCUT2D eigenvalue weighted by Crippen LogP contribution is 2.24. The first kappa shape index (κ1) is 16.4. The van der Waals surface area contributed by atoms with Gasteiger partial charge < -0.3 is 0 Å². The van der Waals surface area contributed by atoms with Crippen LogP contribution in [-0.4, -0.2) is 30.9 Å². The van der Waals surface area contributed by atoms with Gasteiger partial charge in [0.25, 0.3) is 0 Å². The molecule has 0 radical (unpaired) electrons. The molecule has 3 nitrogen and oxygen atoms in total. The Kier molecular flexibility index (Phi) is 7.16. The van der Waals surface area contributed by atoms with Crippen LogP contribution in [0.2, 0.25) is 0 Å². The van der Waals surface area contributed by atoms with E-state index in [9.17, 15) is 8.42 Å². The van der Waals surface area contributed by atoms with Crippen molar-refractivity contribution in [2.45, 2.75) is 26.3 Å². The summed E-state index contributed by atoms with van der Waals surface area (Å²) in [6.45, 7) is 2.82. The molecule has 1 heterocycles. The first-order valence-electron chi connectivity index (χ1n) is 5.77. The molecule has 0 amide bonds. The second kappa shape index (κ2) is 7.85. The Hall–Kier alpha value is 0.380. The Bertz CT molecular complexity index is 461. The van der Waals surface area contributed by atoms with Gasteiger partial charge in [-0.05, 0) is 40.9 Å². The molecule has 0 aliphatic rings. The van der Waals surface area contributed by atoms with E-state index in [0.717, 1.165) is 15.1 Å². The van der Waals surface area contributed by atoms with Crippen molar-refractivity contribution in [2.75, 3.05) is 18.2 Å². The zero-order chi connectivity index (χ0) is 13.6. The molecular weight excluding hydrogens is 358 g/mol. The van der Waals surface area contributed by atoms with Crippen molar-refractivity contribution in [2.24, 2.45) is 0 Å². The molecule has 18 heavy (non-hydrogen) atoms. The van der Waals surface area contributed by atoms with Crippen LogP contribution in [0.3, 0.4) is 0 Å². The largest absolute Gasteiger partial charge is 0.214 e. The Balaban J connectivity index is 2.64. The lowest BCUT2D eigenvalue weighted by atomic mass is 10.4. The van der Waals surface area contributed by atoms with Gasteiger partial charge in [-0.15, -0.1) is 22.9 Å². The van der Waals surface area contributed by atoms with Crippen molar-refractivity contribution in [1.82, 2.24) is 4.31 Å². The predicted octanol–water partition coefficient (Wildman–Crippen LogP) is 3.68. The monoisotopic (exact) mass is 373 g/mol. The highest BCUT2D eigenvalue weighted by Gasteiger charge is 2.20. The Labute approximate surface area is 126 Å². The molecule has 0 unspecified atom stereocenters. The first-order chi connectivity index (χ1) is 8.49. The zero-order valence-corrected chi connectivity index (χ0v) is 14.2. The van der Waals surface area contributed by atoms with E-state index in [1.165, 1.54) is 4.31 Å². The molecule has 0 atom stereocenters. The number of hydrogen-bond donors (Lipinski definition) is 0. The molecule has 0 bridgehead atoms. The maximum Gasteiger partial charge on any atom is 0.214 e. The van der Waals surface area contributed by atoms with Crippen LogP contribution in [0.25, 0.3) is 0 Å². The van der Waals surface area contributed by atoms with Gasteiger partial charge in [-0.25, -0.2) is 8.42 Å². The number of thiophene rings is 1. The van der Waals surface area contributed by atoms with Gasteiger partial charge in [0, 0.05) is 23.8 Å². The average molecular weight is 375 g/mol. The fourth-order valence-corrected chi connectivity index (χ4v) is 4.85. The molecule has 0 saturated carbocycles. The van der Waals surface area contributed by atoms with Gasteiger partial charge in [0.15, 0.2) is 0 Å². The Morgan fingerprint density at radius 2 is 2.11 bits per heavy atom. The Morgan fingerprint density at radius 3 is 2.61 bits per heavy atom. The van der Waals surface area contributed by atoms with Crippen LogP contribution >= 0.6 is 38.9 Å². The standard InChI is InChI=1S/C11H17BrClNO2S2/c1-2-14(9-10-5-6-11(12)17-10)18(15,16)8-4-3-7-13/h5-6H,2-4,7-9H2,1H3. The smallest absolute Gasteiger partial charge is 0.212 e. The summed E-state index contributed by atoms with van der Waals surface area (Å²) in [4.78, 5) is 1.05. The van der Waals surface area contributed by atoms with E-state index < -0.39 is 10.0 Å². The van der Waals surface area contributed by atoms with Crippen molar-refractivity contribution >= 4 is 48.9 Å². The van der Waals surface area contributed by atoms with Crippen molar-refractivity contribution in [3.05, 3.63) is 20.8 Å². The molecule has 0 spiro atoms. The summed E-state index contributed by atoms with van der Waals surface area (Å²) in [5.41, 5.74) is 0. The van der Waals surface area contributed by atoms with Crippen LogP contribution in [-0.2, 0) is 16.6 Å². The summed E-state index contributed by atoms with van der Waals surface area (Å²) in [7, 11) is -3.17. The molecule has 1 aromatic heterocycles. The van der Waals surface area contributed by atoms with E-state index in [-0.39, 0.29) is 5.75 Å². The molecule has 0 N–H and O–H groups in total. The molecule has 0 aromatic carbocycles. The third-order valence-corrected chi connectivity index (χ3v) is 6.35. The van der Waals surface area contributed by atoms with E-state index in [0.29, 0.717) is 25.4 Å². The van der Waals surface area contributed by atoms with Gasteiger partial charge in [-0.2, -0.15) is 4.31 Å². The van der Waals surface area contributed by atoms with E-state index >= 15 is 0 Å². The van der Waals surface area contributed by atoms with Crippen LogP contribution in [0.5, 0.6) is 0 Å².